The second kappa shape index (κ2) is 9.25. The molecule has 3 nitrogen and oxygen atoms in total. The first-order valence-electron chi connectivity index (χ1n) is 10.8. The third kappa shape index (κ3) is 5.71. The second-order valence-corrected chi connectivity index (χ2v) is 8.46. The Bertz CT molecular complexity index is 866. The van der Waals surface area contributed by atoms with Gasteiger partial charge in [-0.05, 0) is 66.6 Å². The summed E-state index contributed by atoms with van der Waals surface area (Å²) in [5.74, 6) is 0.560. The molecular weight excluding hydrogens is 431 g/mol. The molecule has 2 fully saturated rings. The summed E-state index contributed by atoms with van der Waals surface area (Å²) >= 11 is 0. The number of hydrogen-bond donors (Lipinski definition) is 0. The lowest BCUT2D eigenvalue weighted by Gasteiger charge is -2.32. The van der Waals surface area contributed by atoms with Crippen LogP contribution >= 0.6 is 0 Å². The number of hydrogen-bond acceptors (Lipinski definition) is 3. The van der Waals surface area contributed by atoms with Crippen LogP contribution in [0.4, 0.5) is 22.0 Å². The molecule has 2 unspecified atom stereocenters. The molecule has 0 spiro atoms. The maximum atomic E-state index is 14.5. The van der Waals surface area contributed by atoms with E-state index in [2.05, 4.69) is 4.74 Å². The van der Waals surface area contributed by atoms with Gasteiger partial charge in [0.05, 0.1) is 18.3 Å². The number of alkyl halides is 5. The first-order chi connectivity index (χ1) is 15.2. The van der Waals surface area contributed by atoms with E-state index in [1.807, 2.05) is 0 Å². The topological polar surface area (TPSA) is 27.7 Å². The van der Waals surface area contributed by atoms with Gasteiger partial charge in [-0.1, -0.05) is 37.8 Å². The standard InChI is InChI=1S/C24H25F5O3/c25-23(26,31-20-10-12-21(13-11-20)32-24(27,28)29)19-8-5-17(6-9-19)22-14-7-18(15-30-22)16-3-1-2-4-16/h5-6,8-13,16,18,22H,1-4,7,14-15H2. The zero-order valence-corrected chi connectivity index (χ0v) is 17.4. The summed E-state index contributed by atoms with van der Waals surface area (Å²) in [5.41, 5.74) is 0.500. The lowest BCUT2D eigenvalue weighted by Crippen LogP contribution is -2.26. The molecule has 0 bridgehead atoms. The molecule has 32 heavy (non-hydrogen) atoms. The van der Waals surface area contributed by atoms with E-state index in [4.69, 9.17) is 9.47 Å². The molecule has 0 radical (unpaired) electrons. The fourth-order valence-corrected chi connectivity index (χ4v) is 4.64. The number of benzene rings is 2. The molecule has 2 aromatic rings. The Labute approximate surface area is 183 Å². The van der Waals surface area contributed by atoms with Gasteiger partial charge >= 0.3 is 12.5 Å². The van der Waals surface area contributed by atoms with Crippen molar-refractivity contribution in [2.75, 3.05) is 6.61 Å². The van der Waals surface area contributed by atoms with E-state index in [9.17, 15) is 22.0 Å². The van der Waals surface area contributed by atoms with Crippen LogP contribution < -0.4 is 9.47 Å². The van der Waals surface area contributed by atoms with Crippen LogP contribution in [-0.4, -0.2) is 13.0 Å². The van der Waals surface area contributed by atoms with Crippen molar-refractivity contribution in [1.82, 2.24) is 0 Å². The zero-order chi connectivity index (χ0) is 22.8. The van der Waals surface area contributed by atoms with Gasteiger partial charge in [-0.3, -0.25) is 0 Å². The lowest BCUT2D eigenvalue weighted by molar-refractivity contribution is -0.274. The first-order valence-corrected chi connectivity index (χ1v) is 10.8. The smallest absolute Gasteiger partial charge is 0.429 e. The average molecular weight is 456 g/mol. The molecule has 1 saturated carbocycles. The predicted molar refractivity (Wildman–Crippen MR) is 107 cm³/mol. The number of ether oxygens (including phenoxy) is 3. The summed E-state index contributed by atoms with van der Waals surface area (Å²) < 4.78 is 80.2. The van der Waals surface area contributed by atoms with Crippen molar-refractivity contribution in [3.05, 3.63) is 59.7 Å². The van der Waals surface area contributed by atoms with Crippen LogP contribution in [0.3, 0.4) is 0 Å². The molecule has 0 aromatic heterocycles. The van der Waals surface area contributed by atoms with Crippen LogP contribution in [0.15, 0.2) is 48.5 Å². The van der Waals surface area contributed by atoms with Crippen LogP contribution in [0.2, 0.25) is 0 Å². The van der Waals surface area contributed by atoms with E-state index in [1.165, 1.54) is 37.8 Å². The van der Waals surface area contributed by atoms with Gasteiger partial charge in [0.2, 0.25) is 0 Å². The molecule has 4 rings (SSSR count). The monoisotopic (exact) mass is 456 g/mol. The van der Waals surface area contributed by atoms with Crippen molar-refractivity contribution in [3.8, 4) is 11.5 Å². The highest BCUT2D eigenvalue weighted by Gasteiger charge is 2.36. The predicted octanol–water partition coefficient (Wildman–Crippen LogP) is 7.37. The first kappa shape index (κ1) is 22.8. The molecule has 8 heteroatoms. The van der Waals surface area contributed by atoms with Gasteiger partial charge in [-0.25, -0.2) is 0 Å². The van der Waals surface area contributed by atoms with Crippen molar-refractivity contribution >= 4 is 0 Å². The van der Waals surface area contributed by atoms with Crippen molar-refractivity contribution in [2.45, 2.75) is 57.1 Å². The van der Waals surface area contributed by atoms with Gasteiger partial charge in [0.25, 0.3) is 0 Å². The molecule has 1 heterocycles. The van der Waals surface area contributed by atoms with Crippen molar-refractivity contribution in [1.29, 1.82) is 0 Å². The van der Waals surface area contributed by atoms with Crippen molar-refractivity contribution in [2.24, 2.45) is 11.8 Å². The minimum Gasteiger partial charge on any atom is -0.429 e. The Balaban J connectivity index is 1.34. The Morgan fingerprint density at radius 2 is 1.28 bits per heavy atom. The van der Waals surface area contributed by atoms with Crippen LogP contribution in [-0.2, 0) is 10.8 Å². The lowest BCUT2D eigenvalue weighted by atomic mass is 9.84. The maximum absolute atomic E-state index is 14.5. The molecular formula is C24H25F5O3. The molecule has 2 aliphatic rings. The highest BCUT2D eigenvalue weighted by atomic mass is 19.4. The van der Waals surface area contributed by atoms with E-state index in [-0.39, 0.29) is 17.4 Å². The Morgan fingerprint density at radius 1 is 0.688 bits per heavy atom. The van der Waals surface area contributed by atoms with Gasteiger partial charge in [0.1, 0.15) is 11.5 Å². The molecule has 2 aromatic carbocycles. The highest BCUT2D eigenvalue weighted by molar-refractivity contribution is 5.33. The van der Waals surface area contributed by atoms with Crippen LogP contribution in [0.25, 0.3) is 0 Å². The Kier molecular flexibility index (Phi) is 6.60. The van der Waals surface area contributed by atoms with Gasteiger partial charge in [-0.15, -0.1) is 13.2 Å². The quantitative estimate of drug-likeness (QED) is 0.425. The molecule has 1 saturated heterocycles. The van der Waals surface area contributed by atoms with Gasteiger partial charge in [0.15, 0.2) is 0 Å². The Hall–Kier alpha value is -2.35. The summed E-state index contributed by atoms with van der Waals surface area (Å²) in [6.45, 7) is 0.713. The van der Waals surface area contributed by atoms with Crippen LogP contribution in [0, 0.1) is 11.8 Å². The van der Waals surface area contributed by atoms with Crippen LogP contribution in [0.1, 0.15) is 55.8 Å². The summed E-state index contributed by atoms with van der Waals surface area (Å²) in [5, 5.41) is 0. The van der Waals surface area contributed by atoms with Gasteiger partial charge < -0.3 is 14.2 Å². The largest absolute Gasteiger partial charge is 0.573 e. The molecule has 174 valence electrons. The SMILES string of the molecule is FC(F)(F)Oc1ccc(OC(F)(F)c2ccc(C3CCC(C4CCCC4)CO3)cc2)cc1. The van der Waals surface area contributed by atoms with E-state index >= 15 is 0 Å². The minimum atomic E-state index is -4.85. The van der Waals surface area contributed by atoms with E-state index in [0.717, 1.165) is 48.6 Å². The Morgan fingerprint density at radius 3 is 1.81 bits per heavy atom. The van der Waals surface area contributed by atoms with E-state index < -0.39 is 18.2 Å². The van der Waals surface area contributed by atoms with Crippen molar-refractivity contribution in [3.63, 3.8) is 0 Å². The van der Waals surface area contributed by atoms with Gasteiger partial charge in [0, 0.05) is 0 Å². The molecule has 1 aliphatic heterocycles. The molecule has 0 amide bonds. The number of halogens is 5. The summed E-state index contributed by atoms with van der Waals surface area (Å²) in [6, 6.07) is 9.66. The second-order valence-electron chi connectivity index (χ2n) is 8.46. The molecule has 1 aliphatic carbocycles. The number of rotatable bonds is 6. The summed E-state index contributed by atoms with van der Waals surface area (Å²) in [7, 11) is 0. The summed E-state index contributed by atoms with van der Waals surface area (Å²) in [4.78, 5) is 0. The minimum absolute atomic E-state index is 0.0996. The zero-order valence-electron chi connectivity index (χ0n) is 17.4. The average Bonchev–Trinajstić information content (AvgIpc) is 3.29. The molecule has 2 atom stereocenters. The highest BCUT2D eigenvalue weighted by Crippen LogP contribution is 2.40. The third-order valence-corrected chi connectivity index (χ3v) is 6.30. The molecule has 0 N–H and O–H groups in total. The fraction of sp³-hybridized carbons (Fsp3) is 0.500. The third-order valence-electron chi connectivity index (χ3n) is 6.30. The van der Waals surface area contributed by atoms with E-state index in [0.29, 0.717) is 12.5 Å². The van der Waals surface area contributed by atoms with Crippen LogP contribution in [0.5, 0.6) is 11.5 Å². The maximum Gasteiger partial charge on any atom is 0.573 e. The van der Waals surface area contributed by atoms with Gasteiger partial charge in [-0.2, -0.15) is 8.78 Å². The van der Waals surface area contributed by atoms with Crippen molar-refractivity contribution < 1.29 is 36.2 Å². The fourth-order valence-electron chi connectivity index (χ4n) is 4.64. The summed E-state index contributed by atoms with van der Waals surface area (Å²) in [6.07, 6.45) is -1.48. The van der Waals surface area contributed by atoms with E-state index in [1.54, 1.807) is 12.1 Å². The normalized spacial score (nSPS) is 22.7.